The van der Waals surface area contributed by atoms with Gasteiger partial charge >= 0.3 is 6.18 Å². The highest BCUT2D eigenvalue weighted by molar-refractivity contribution is 5.99. The third-order valence-corrected chi connectivity index (χ3v) is 2.66. The molecule has 1 aromatic carbocycles. The van der Waals surface area contributed by atoms with Crippen LogP contribution in [0.4, 0.5) is 18.9 Å². The summed E-state index contributed by atoms with van der Waals surface area (Å²) in [5, 5.41) is 0. The standard InChI is InChI=1S/C12H15F3N2O/c1-3-17(4-2)11(18)9-7-8(12(13,14)15)5-6-10(9)16/h5-7H,3-4,16H2,1-2H3. The molecule has 2 N–H and O–H groups in total. The van der Waals surface area contributed by atoms with Crippen LogP contribution in [0.5, 0.6) is 0 Å². The molecule has 0 saturated carbocycles. The molecule has 100 valence electrons. The SMILES string of the molecule is CCN(CC)C(=O)c1cc(C(F)(F)F)ccc1N. The number of hydrogen-bond donors (Lipinski definition) is 1. The maximum atomic E-state index is 12.6. The molecular weight excluding hydrogens is 245 g/mol. The van der Waals surface area contributed by atoms with E-state index in [1.807, 2.05) is 0 Å². The smallest absolute Gasteiger partial charge is 0.398 e. The number of alkyl halides is 3. The van der Waals surface area contributed by atoms with Gasteiger partial charge < -0.3 is 10.6 Å². The van der Waals surface area contributed by atoms with Gasteiger partial charge in [-0.05, 0) is 32.0 Å². The van der Waals surface area contributed by atoms with Crippen LogP contribution in [0.25, 0.3) is 0 Å². The highest BCUT2D eigenvalue weighted by Crippen LogP contribution is 2.31. The number of carbonyl (C=O) groups excluding carboxylic acids is 1. The van der Waals surface area contributed by atoms with Crippen molar-refractivity contribution in [2.24, 2.45) is 0 Å². The largest absolute Gasteiger partial charge is 0.416 e. The zero-order valence-corrected chi connectivity index (χ0v) is 10.2. The predicted octanol–water partition coefficient (Wildman–Crippen LogP) is 2.77. The van der Waals surface area contributed by atoms with E-state index in [9.17, 15) is 18.0 Å². The van der Waals surface area contributed by atoms with Gasteiger partial charge in [0.1, 0.15) is 0 Å². The van der Waals surface area contributed by atoms with Crippen LogP contribution in [0, 0.1) is 0 Å². The van der Waals surface area contributed by atoms with E-state index in [0.29, 0.717) is 13.1 Å². The first-order valence-electron chi connectivity index (χ1n) is 5.57. The van der Waals surface area contributed by atoms with Crippen molar-refractivity contribution in [3.05, 3.63) is 29.3 Å². The molecule has 0 fully saturated rings. The van der Waals surface area contributed by atoms with Crippen LogP contribution in [0.2, 0.25) is 0 Å². The molecular formula is C12H15F3N2O. The third-order valence-electron chi connectivity index (χ3n) is 2.66. The topological polar surface area (TPSA) is 46.3 Å². The van der Waals surface area contributed by atoms with Crippen LogP contribution >= 0.6 is 0 Å². The Labute approximate surface area is 103 Å². The van der Waals surface area contributed by atoms with E-state index in [0.717, 1.165) is 18.2 Å². The molecule has 0 aliphatic rings. The van der Waals surface area contributed by atoms with Crippen molar-refractivity contribution in [1.29, 1.82) is 0 Å². The fourth-order valence-electron chi connectivity index (χ4n) is 1.60. The molecule has 0 aromatic heterocycles. The highest BCUT2D eigenvalue weighted by atomic mass is 19.4. The first-order chi connectivity index (χ1) is 8.31. The number of amides is 1. The fourth-order valence-corrected chi connectivity index (χ4v) is 1.60. The van der Waals surface area contributed by atoms with Gasteiger partial charge in [0.2, 0.25) is 0 Å². The lowest BCUT2D eigenvalue weighted by Crippen LogP contribution is -2.31. The number of hydrogen-bond acceptors (Lipinski definition) is 2. The van der Waals surface area contributed by atoms with Crippen molar-refractivity contribution in [3.8, 4) is 0 Å². The number of halogens is 3. The van der Waals surface area contributed by atoms with E-state index < -0.39 is 17.6 Å². The second-order valence-corrected chi connectivity index (χ2v) is 3.78. The lowest BCUT2D eigenvalue weighted by molar-refractivity contribution is -0.137. The molecule has 1 amide bonds. The van der Waals surface area contributed by atoms with Crippen molar-refractivity contribution in [3.63, 3.8) is 0 Å². The van der Waals surface area contributed by atoms with Crippen LogP contribution in [0.1, 0.15) is 29.8 Å². The summed E-state index contributed by atoms with van der Waals surface area (Å²) in [5.74, 6) is -0.483. The van der Waals surface area contributed by atoms with Gasteiger partial charge in [-0.1, -0.05) is 0 Å². The van der Waals surface area contributed by atoms with Crippen molar-refractivity contribution < 1.29 is 18.0 Å². The number of benzene rings is 1. The number of carbonyl (C=O) groups is 1. The average Bonchev–Trinajstić information content (AvgIpc) is 2.29. The molecule has 1 rings (SSSR count). The van der Waals surface area contributed by atoms with E-state index >= 15 is 0 Å². The Kier molecular flexibility index (Phi) is 4.21. The molecule has 0 aliphatic carbocycles. The Morgan fingerprint density at radius 3 is 2.28 bits per heavy atom. The van der Waals surface area contributed by atoms with E-state index in [-0.39, 0.29) is 11.3 Å². The number of nitrogens with two attached hydrogens (primary N) is 1. The maximum Gasteiger partial charge on any atom is 0.416 e. The molecule has 18 heavy (non-hydrogen) atoms. The molecule has 0 heterocycles. The van der Waals surface area contributed by atoms with Crippen LogP contribution in [0.15, 0.2) is 18.2 Å². The normalized spacial score (nSPS) is 11.4. The minimum atomic E-state index is -4.48. The van der Waals surface area contributed by atoms with Gasteiger partial charge in [-0.25, -0.2) is 0 Å². The number of nitrogen functional groups attached to an aromatic ring is 1. The van der Waals surface area contributed by atoms with Gasteiger partial charge in [0.25, 0.3) is 5.91 Å². The second kappa shape index (κ2) is 5.29. The maximum absolute atomic E-state index is 12.6. The molecule has 0 spiro atoms. The first kappa shape index (κ1) is 14.3. The van der Waals surface area contributed by atoms with Crippen LogP contribution < -0.4 is 5.73 Å². The molecule has 0 atom stereocenters. The first-order valence-corrected chi connectivity index (χ1v) is 5.57. The number of rotatable bonds is 3. The Bertz CT molecular complexity index is 439. The van der Waals surface area contributed by atoms with Crippen LogP contribution in [-0.2, 0) is 6.18 Å². The van der Waals surface area contributed by atoms with Crippen LogP contribution in [0.3, 0.4) is 0 Å². The number of anilines is 1. The van der Waals surface area contributed by atoms with E-state index in [2.05, 4.69) is 0 Å². The molecule has 0 aliphatic heterocycles. The van der Waals surface area contributed by atoms with Gasteiger partial charge in [-0.2, -0.15) is 13.2 Å². The van der Waals surface area contributed by atoms with E-state index in [4.69, 9.17) is 5.73 Å². The Morgan fingerprint density at radius 2 is 1.83 bits per heavy atom. The lowest BCUT2D eigenvalue weighted by atomic mass is 10.1. The monoisotopic (exact) mass is 260 g/mol. The highest BCUT2D eigenvalue weighted by Gasteiger charge is 2.32. The zero-order chi connectivity index (χ0) is 13.9. The predicted molar refractivity (Wildman–Crippen MR) is 63.1 cm³/mol. The summed E-state index contributed by atoms with van der Waals surface area (Å²) in [6.45, 7) is 4.35. The summed E-state index contributed by atoms with van der Waals surface area (Å²) in [5.41, 5.74) is 4.65. The molecule has 0 saturated heterocycles. The van der Waals surface area contributed by atoms with Crippen molar-refractivity contribution >= 4 is 11.6 Å². The fraction of sp³-hybridized carbons (Fsp3) is 0.417. The van der Waals surface area contributed by atoms with Gasteiger partial charge in [-0.3, -0.25) is 4.79 Å². The molecule has 3 nitrogen and oxygen atoms in total. The minimum Gasteiger partial charge on any atom is -0.398 e. The third kappa shape index (κ3) is 2.94. The van der Waals surface area contributed by atoms with Gasteiger partial charge in [0.15, 0.2) is 0 Å². The molecule has 6 heteroatoms. The Balaban J connectivity index is 3.19. The second-order valence-electron chi connectivity index (χ2n) is 3.78. The summed E-state index contributed by atoms with van der Waals surface area (Å²) < 4.78 is 37.7. The quantitative estimate of drug-likeness (QED) is 0.849. The summed E-state index contributed by atoms with van der Waals surface area (Å²) in [6, 6.07) is 2.78. The minimum absolute atomic E-state index is 0.0555. The van der Waals surface area contributed by atoms with E-state index in [1.165, 1.54) is 4.90 Å². The van der Waals surface area contributed by atoms with E-state index in [1.54, 1.807) is 13.8 Å². The van der Waals surface area contributed by atoms with Crippen LogP contribution in [-0.4, -0.2) is 23.9 Å². The molecule has 1 aromatic rings. The Hall–Kier alpha value is -1.72. The summed E-state index contributed by atoms with van der Waals surface area (Å²) in [4.78, 5) is 13.4. The molecule has 0 bridgehead atoms. The lowest BCUT2D eigenvalue weighted by Gasteiger charge is -2.20. The summed E-state index contributed by atoms with van der Waals surface area (Å²) in [7, 11) is 0. The number of nitrogens with zero attached hydrogens (tertiary/aromatic N) is 1. The van der Waals surface area contributed by atoms with Gasteiger partial charge in [-0.15, -0.1) is 0 Å². The molecule has 0 radical (unpaired) electrons. The average molecular weight is 260 g/mol. The summed E-state index contributed by atoms with van der Waals surface area (Å²) >= 11 is 0. The Morgan fingerprint density at radius 1 is 1.28 bits per heavy atom. The summed E-state index contributed by atoms with van der Waals surface area (Å²) in [6.07, 6.45) is -4.48. The zero-order valence-electron chi connectivity index (χ0n) is 10.2. The van der Waals surface area contributed by atoms with Gasteiger partial charge in [0, 0.05) is 18.8 Å². The van der Waals surface area contributed by atoms with Crippen molar-refractivity contribution in [1.82, 2.24) is 4.90 Å². The van der Waals surface area contributed by atoms with Gasteiger partial charge in [0.05, 0.1) is 11.1 Å². The van der Waals surface area contributed by atoms with Crippen molar-refractivity contribution in [2.45, 2.75) is 20.0 Å². The molecule has 0 unspecified atom stereocenters. The van der Waals surface area contributed by atoms with Crippen molar-refractivity contribution in [2.75, 3.05) is 18.8 Å².